The molecule has 1 aliphatic rings. The van der Waals surface area contributed by atoms with Gasteiger partial charge >= 0.3 is 0 Å². The van der Waals surface area contributed by atoms with Gasteiger partial charge in [0, 0.05) is 12.6 Å². The molecule has 1 aromatic rings. The van der Waals surface area contributed by atoms with Crippen molar-refractivity contribution < 1.29 is 12.8 Å². The van der Waals surface area contributed by atoms with Gasteiger partial charge in [-0.25, -0.2) is 12.8 Å². The Balaban J connectivity index is 1.87. The van der Waals surface area contributed by atoms with E-state index in [1.807, 2.05) is 0 Å². The maximum absolute atomic E-state index is 12.8. The molecule has 5 heteroatoms. The van der Waals surface area contributed by atoms with Crippen molar-refractivity contribution in [2.75, 3.05) is 12.3 Å². The van der Waals surface area contributed by atoms with Gasteiger partial charge in [-0.3, -0.25) is 0 Å². The van der Waals surface area contributed by atoms with E-state index in [1.165, 1.54) is 43.5 Å². The Hall–Kier alpha value is -0.940. The van der Waals surface area contributed by atoms with Gasteiger partial charge in [-0.1, -0.05) is 19.8 Å². The van der Waals surface area contributed by atoms with E-state index in [0.717, 1.165) is 6.42 Å². The predicted octanol–water partition coefficient (Wildman–Crippen LogP) is 2.77. The minimum Gasteiger partial charge on any atom is -0.313 e. The fourth-order valence-corrected chi connectivity index (χ4v) is 3.93. The topological polar surface area (TPSA) is 46.2 Å². The molecule has 1 aromatic carbocycles. The van der Waals surface area contributed by atoms with Crippen molar-refractivity contribution in [2.24, 2.45) is 5.92 Å². The van der Waals surface area contributed by atoms with Gasteiger partial charge < -0.3 is 5.32 Å². The van der Waals surface area contributed by atoms with Crippen LogP contribution in [-0.4, -0.2) is 26.8 Å². The largest absolute Gasteiger partial charge is 0.313 e. The van der Waals surface area contributed by atoms with Gasteiger partial charge in [0.15, 0.2) is 9.84 Å². The molecule has 3 nitrogen and oxygen atoms in total. The third kappa shape index (κ3) is 4.03. The van der Waals surface area contributed by atoms with Gasteiger partial charge in [0.2, 0.25) is 0 Å². The van der Waals surface area contributed by atoms with Crippen molar-refractivity contribution in [2.45, 2.75) is 43.5 Å². The number of hydrogen-bond acceptors (Lipinski definition) is 3. The summed E-state index contributed by atoms with van der Waals surface area (Å²) in [4.78, 5) is 0.192. The zero-order chi connectivity index (χ0) is 14.6. The van der Waals surface area contributed by atoms with E-state index in [0.29, 0.717) is 18.5 Å². The normalized spacial score (nSPS) is 23.7. The average Bonchev–Trinajstić information content (AvgIpc) is 2.41. The molecule has 0 aromatic heterocycles. The zero-order valence-corrected chi connectivity index (χ0v) is 12.6. The van der Waals surface area contributed by atoms with E-state index < -0.39 is 15.7 Å². The van der Waals surface area contributed by atoms with Crippen LogP contribution in [0.3, 0.4) is 0 Å². The lowest BCUT2D eigenvalue weighted by molar-refractivity contribution is 0.285. The summed E-state index contributed by atoms with van der Waals surface area (Å²) in [6.07, 6.45) is 4.82. The Morgan fingerprint density at radius 1 is 1.20 bits per heavy atom. The molecule has 0 bridgehead atoms. The molecule has 20 heavy (non-hydrogen) atoms. The first-order valence-corrected chi connectivity index (χ1v) is 8.86. The molecule has 1 saturated carbocycles. The molecule has 0 amide bonds. The minimum atomic E-state index is -3.32. The molecule has 0 saturated heterocycles. The van der Waals surface area contributed by atoms with Gasteiger partial charge in [-0.15, -0.1) is 0 Å². The Morgan fingerprint density at radius 2 is 1.85 bits per heavy atom. The number of hydrogen-bond donors (Lipinski definition) is 1. The lowest BCUT2D eigenvalue weighted by atomic mass is 9.86. The number of benzene rings is 1. The van der Waals surface area contributed by atoms with Crippen LogP contribution in [0.25, 0.3) is 0 Å². The van der Waals surface area contributed by atoms with E-state index >= 15 is 0 Å². The van der Waals surface area contributed by atoms with Crippen LogP contribution in [0.4, 0.5) is 4.39 Å². The van der Waals surface area contributed by atoms with Crippen LogP contribution in [-0.2, 0) is 9.84 Å². The van der Waals surface area contributed by atoms with Crippen molar-refractivity contribution in [1.29, 1.82) is 0 Å². The monoisotopic (exact) mass is 299 g/mol. The predicted molar refractivity (Wildman–Crippen MR) is 77.9 cm³/mol. The highest BCUT2D eigenvalue weighted by Gasteiger charge is 2.21. The smallest absolute Gasteiger partial charge is 0.179 e. The van der Waals surface area contributed by atoms with Gasteiger partial charge in [0.05, 0.1) is 10.6 Å². The molecular formula is C15H22FNO2S. The van der Waals surface area contributed by atoms with Crippen LogP contribution in [0.2, 0.25) is 0 Å². The Bertz CT molecular complexity index is 527. The molecule has 112 valence electrons. The first-order valence-electron chi connectivity index (χ1n) is 7.21. The van der Waals surface area contributed by atoms with Gasteiger partial charge in [0.1, 0.15) is 5.82 Å². The maximum Gasteiger partial charge on any atom is 0.179 e. The molecule has 0 spiro atoms. The van der Waals surface area contributed by atoms with Crippen LogP contribution in [0.5, 0.6) is 0 Å². The first kappa shape index (κ1) is 15.4. The second-order valence-corrected chi connectivity index (χ2v) is 7.70. The molecule has 0 heterocycles. The molecule has 0 unspecified atom stereocenters. The maximum atomic E-state index is 12.8. The molecule has 1 fully saturated rings. The number of rotatable bonds is 5. The van der Waals surface area contributed by atoms with Crippen LogP contribution in [0, 0.1) is 11.7 Å². The summed E-state index contributed by atoms with van der Waals surface area (Å²) in [5.74, 6) is 0.248. The second-order valence-electron chi connectivity index (χ2n) is 5.60. The van der Waals surface area contributed by atoms with Crippen molar-refractivity contribution >= 4 is 9.84 Å². The highest BCUT2D eigenvalue weighted by atomic mass is 32.2. The van der Waals surface area contributed by atoms with E-state index in [9.17, 15) is 12.8 Å². The van der Waals surface area contributed by atoms with Crippen molar-refractivity contribution in [1.82, 2.24) is 5.32 Å². The van der Waals surface area contributed by atoms with Crippen LogP contribution in [0.15, 0.2) is 29.2 Å². The second kappa shape index (κ2) is 6.68. The fourth-order valence-electron chi connectivity index (χ4n) is 2.76. The fraction of sp³-hybridized carbons (Fsp3) is 0.600. The molecule has 2 rings (SSSR count). The summed E-state index contributed by atoms with van der Waals surface area (Å²) in [5.41, 5.74) is 0. The van der Waals surface area contributed by atoms with E-state index in [4.69, 9.17) is 0 Å². The van der Waals surface area contributed by atoms with Crippen molar-refractivity contribution in [3.05, 3.63) is 30.1 Å². The van der Waals surface area contributed by atoms with E-state index in [2.05, 4.69) is 12.2 Å². The molecule has 2 atom stereocenters. The Kier molecular flexibility index (Phi) is 5.16. The summed E-state index contributed by atoms with van der Waals surface area (Å²) in [7, 11) is -3.32. The number of nitrogens with one attached hydrogen (secondary N) is 1. The lowest BCUT2D eigenvalue weighted by Gasteiger charge is -2.29. The van der Waals surface area contributed by atoms with Crippen molar-refractivity contribution in [3.8, 4) is 0 Å². The third-order valence-corrected chi connectivity index (χ3v) is 5.79. The summed E-state index contributed by atoms with van der Waals surface area (Å²) in [5, 5.41) is 3.36. The highest BCUT2D eigenvalue weighted by Crippen LogP contribution is 2.23. The van der Waals surface area contributed by atoms with E-state index in [1.54, 1.807) is 0 Å². The lowest BCUT2D eigenvalue weighted by Crippen LogP contribution is -2.39. The molecular weight excluding hydrogens is 277 g/mol. The highest BCUT2D eigenvalue weighted by molar-refractivity contribution is 7.91. The summed E-state index contributed by atoms with van der Waals surface area (Å²) >= 11 is 0. The average molecular weight is 299 g/mol. The zero-order valence-electron chi connectivity index (χ0n) is 11.8. The van der Waals surface area contributed by atoms with Gasteiger partial charge in [0.25, 0.3) is 0 Å². The SMILES string of the molecule is C[C@H]1CCCC[C@H]1NCCS(=O)(=O)c1ccc(F)cc1. The Morgan fingerprint density at radius 3 is 2.50 bits per heavy atom. The minimum absolute atomic E-state index is 0.0574. The number of halogens is 1. The third-order valence-electron chi connectivity index (χ3n) is 4.06. The van der Waals surface area contributed by atoms with Gasteiger partial charge in [-0.2, -0.15) is 0 Å². The number of sulfone groups is 1. The molecule has 1 N–H and O–H groups in total. The Labute approximate surface area is 120 Å². The van der Waals surface area contributed by atoms with Gasteiger partial charge in [-0.05, 0) is 43.0 Å². The summed E-state index contributed by atoms with van der Waals surface area (Å²) in [6, 6.07) is 5.45. The molecule has 0 radical (unpaired) electrons. The standard InChI is InChI=1S/C15H22FNO2S/c1-12-4-2-3-5-15(12)17-10-11-20(18,19)14-8-6-13(16)7-9-14/h6-9,12,15,17H,2-5,10-11H2,1H3/t12-,15+/m0/s1. The van der Waals surface area contributed by atoms with Crippen LogP contribution < -0.4 is 5.32 Å². The summed E-state index contributed by atoms with van der Waals surface area (Å²) in [6.45, 7) is 2.67. The van der Waals surface area contributed by atoms with E-state index in [-0.39, 0.29) is 10.6 Å². The van der Waals surface area contributed by atoms with Crippen LogP contribution in [0.1, 0.15) is 32.6 Å². The molecule has 0 aliphatic heterocycles. The van der Waals surface area contributed by atoms with Crippen LogP contribution >= 0.6 is 0 Å². The quantitative estimate of drug-likeness (QED) is 0.850. The van der Waals surface area contributed by atoms with Crippen molar-refractivity contribution in [3.63, 3.8) is 0 Å². The molecule has 1 aliphatic carbocycles. The summed E-state index contributed by atoms with van der Waals surface area (Å²) < 4.78 is 37.0. The first-order chi connectivity index (χ1) is 9.49.